The highest BCUT2D eigenvalue weighted by atomic mass is 16.5. The lowest BCUT2D eigenvalue weighted by Gasteiger charge is -2.31. The van der Waals surface area contributed by atoms with E-state index in [9.17, 15) is 9.59 Å². The van der Waals surface area contributed by atoms with Gasteiger partial charge in [-0.3, -0.25) is 9.59 Å². The minimum absolute atomic E-state index is 0.0991. The number of hydrazone groups is 1. The van der Waals surface area contributed by atoms with Gasteiger partial charge in [0.1, 0.15) is 6.61 Å². The summed E-state index contributed by atoms with van der Waals surface area (Å²) >= 11 is 0. The highest BCUT2D eigenvalue weighted by Crippen LogP contribution is 2.30. The maximum absolute atomic E-state index is 12.9. The van der Waals surface area contributed by atoms with Crippen LogP contribution in [0.5, 0.6) is 23.0 Å². The monoisotopic (exact) mass is 531 g/mol. The van der Waals surface area contributed by atoms with Gasteiger partial charge in [0.05, 0.1) is 27.5 Å². The van der Waals surface area contributed by atoms with Crippen LogP contribution in [0.1, 0.15) is 34.3 Å². The number of benzene rings is 3. The molecular weight excluding hydrogens is 498 g/mol. The molecule has 1 aliphatic rings. The third-order valence-electron chi connectivity index (χ3n) is 6.60. The van der Waals surface area contributed by atoms with E-state index in [-0.39, 0.29) is 17.7 Å². The normalized spacial score (nSPS) is 13.7. The topological polar surface area (TPSA) is 98.7 Å². The molecule has 3 aromatic carbocycles. The number of hydrogen-bond acceptors (Lipinski definition) is 7. The predicted octanol–water partition coefficient (Wildman–Crippen LogP) is 4.29. The number of piperidine rings is 1. The molecule has 0 aliphatic carbocycles. The molecule has 1 aliphatic heterocycles. The molecule has 1 heterocycles. The number of carbonyl (C=O) groups is 2. The van der Waals surface area contributed by atoms with E-state index < -0.39 is 0 Å². The van der Waals surface area contributed by atoms with Gasteiger partial charge in [-0.05, 0) is 60.4 Å². The molecule has 0 bridgehead atoms. The smallest absolute Gasteiger partial charge is 0.253 e. The van der Waals surface area contributed by atoms with Crippen molar-refractivity contribution < 1.29 is 28.5 Å². The predicted molar refractivity (Wildman–Crippen MR) is 148 cm³/mol. The molecule has 4 rings (SSSR count). The van der Waals surface area contributed by atoms with E-state index >= 15 is 0 Å². The van der Waals surface area contributed by atoms with E-state index in [1.54, 1.807) is 49.6 Å². The molecule has 3 aromatic rings. The van der Waals surface area contributed by atoms with Gasteiger partial charge in [-0.2, -0.15) is 5.10 Å². The van der Waals surface area contributed by atoms with Crippen LogP contribution in [0.15, 0.2) is 71.8 Å². The van der Waals surface area contributed by atoms with Crippen LogP contribution in [-0.4, -0.2) is 57.3 Å². The van der Waals surface area contributed by atoms with Gasteiger partial charge in [-0.1, -0.05) is 30.3 Å². The number of methoxy groups -OCH3 is 3. The maximum Gasteiger partial charge on any atom is 0.253 e. The van der Waals surface area contributed by atoms with E-state index in [1.165, 1.54) is 7.11 Å². The summed E-state index contributed by atoms with van der Waals surface area (Å²) in [5.74, 6) is 1.78. The molecule has 9 nitrogen and oxygen atoms in total. The number of amides is 2. The zero-order valence-corrected chi connectivity index (χ0v) is 22.4. The quantitative estimate of drug-likeness (QED) is 0.310. The number of hydrogen-bond donors (Lipinski definition) is 1. The Labute approximate surface area is 228 Å². The Balaban J connectivity index is 1.27. The van der Waals surface area contributed by atoms with E-state index in [4.69, 9.17) is 18.9 Å². The fraction of sp³-hybridized carbons (Fsp3) is 0.300. The molecule has 204 valence electrons. The summed E-state index contributed by atoms with van der Waals surface area (Å²) in [5, 5.41) is 4.13. The second kappa shape index (κ2) is 13.3. The second-order valence-electron chi connectivity index (χ2n) is 9.06. The Kier molecular flexibility index (Phi) is 9.39. The molecule has 0 unspecified atom stereocenters. The number of nitrogens with one attached hydrogen (secondary N) is 1. The summed E-state index contributed by atoms with van der Waals surface area (Å²) in [6, 6.07) is 20.4. The molecule has 1 N–H and O–H groups in total. The van der Waals surface area contributed by atoms with E-state index in [0.717, 1.165) is 11.1 Å². The van der Waals surface area contributed by atoms with Crippen LogP contribution in [0.25, 0.3) is 0 Å². The third-order valence-corrected chi connectivity index (χ3v) is 6.60. The van der Waals surface area contributed by atoms with Crippen LogP contribution >= 0.6 is 0 Å². The summed E-state index contributed by atoms with van der Waals surface area (Å²) in [6.45, 7) is 1.40. The summed E-state index contributed by atoms with van der Waals surface area (Å²) in [6.07, 6.45) is 2.68. The average molecular weight is 532 g/mol. The Bertz CT molecular complexity index is 1300. The summed E-state index contributed by atoms with van der Waals surface area (Å²) in [7, 11) is 4.66. The summed E-state index contributed by atoms with van der Waals surface area (Å²) in [4.78, 5) is 27.4. The van der Waals surface area contributed by atoms with E-state index in [1.807, 2.05) is 42.5 Å². The molecule has 2 amide bonds. The second-order valence-corrected chi connectivity index (χ2v) is 9.06. The fourth-order valence-corrected chi connectivity index (χ4v) is 4.38. The van der Waals surface area contributed by atoms with Crippen molar-refractivity contribution in [2.45, 2.75) is 19.4 Å². The Morgan fingerprint density at radius 3 is 2.23 bits per heavy atom. The van der Waals surface area contributed by atoms with Gasteiger partial charge >= 0.3 is 0 Å². The number of ether oxygens (including phenoxy) is 4. The fourth-order valence-electron chi connectivity index (χ4n) is 4.38. The van der Waals surface area contributed by atoms with Gasteiger partial charge in [-0.25, -0.2) is 5.43 Å². The van der Waals surface area contributed by atoms with Crippen molar-refractivity contribution in [1.29, 1.82) is 0 Å². The SMILES string of the molecule is COc1ccc(C(=O)N2CCC(C(=O)N/N=C\c3ccc(OCc4ccccc4)c(OC)c3)CC2)cc1OC. The average Bonchev–Trinajstić information content (AvgIpc) is 3.00. The zero-order valence-electron chi connectivity index (χ0n) is 22.4. The van der Waals surface area contributed by atoms with Gasteiger partial charge in [0.15, 0.2) is 23.0 Å². The van der Waals surface area contributed by atoms with Gasteiger partial charge in [-0.15, -0.1) is 0 Å². The Hall–Kier alpha value is -4.53. The highest BCUT2D eigenvalue weighted by Gasteiger charge is 2.28. The van der Waals surface area contributed by atoms with Crippen molar-refractivity contribution in [1.82, 2.24) is 10.3 Å². The largest absolute Gasteiger partial charge is 0.493 e. The van der Waals surface area contributed by atoms with Crippen molar-refractivity contribution in [2.24, 2.45) is 11.0 Å². The first-order valence-electron chi connectivity index (χ1n) is 12.7. The van der Waals surface area contributed by atoms with Crippen LogP contribution < -0.4 is 24.4 Å². The lowest BCUT2D eigenvalue weighted by Crippen LogP contribution is -2.42. The first-order valence-corrected chi connectivity index (χ1v) is 12.7. The maximum atomic E-state index is 12.9. The van der Waals surface area contributed by atoms with Crippen molar-refractivity contribution >= 4 is 18.0 Å². The minimum Gasteiger partial charge on any atom is -0.493 e. The third kappa shape index (κ3) is 7.07. The van der Waals surface area contributed by atoms with Crippen molar-refractivity contribution in [2.75, 3.05) is 34.4 Å². The molecule has 1 saturated heterocycles. The van der Waals surface area contributed by atoms with Crippen molar-refractivity contribution in [3.8, 4) is 23.0 Å². The number of rotatable bonds is 10. The Morgan fingerprint density at radius 2 is 1.54 bits per heavy atom. The lowest BCUT2D eigenvalue weighted by atomic mass is 9.95. The molecule has 9 heteroatoms. The van der Waals surface area contributed by atoms with Crippen LogP contribution in [0.2, 0.25) is 0 Å². The summed E-state index contributed by atoms with van der Waals surface area (Å²) < 4.78 is 21.9. The van der Waals surface area contributed by atoms with Crippen LogP contribution in [0.3, 0.4) is 0 Å². The number of nitrogens with zero attached hydrogens (tertiary/aromatic N) is 2. The van der Waals surface area contributed by atoms with Gasteiger partial charge in [0.2, 0.25) is 5.91 Å². The van der Waals surface area contributed by atoms with E-state index in [2.05, 4.69) is 10.5 Å². The summed E-state index contributed by atoms with van der Waals surface area (Å²) in [5.41, 5.74) is 4.97. The van der Waals surface area contributed by atoms with Gasteiger partial charge < -0.3 is 23.8 Å². The molecule has 1 fully saturated rings. The Morgan fingerprint density at radius 1 is 0.872 bits per heavy atom. The lowest BCUT2D eigenvalue weighted by molar-refractivity contribution is -0.126. The highest BCUT2D eigenvalue weighted by molar-refractivity contribution is 5.95. The molecule has 0 saturated carbocycles. The van der Waals surface area contributed by atoms with Gasteiger partial charge in [0, 0.05) is 24.6 Å². The minimum atomic E-state index is -0.222. The molecule has 0 atom stereocenters. The number of likely N-dealkylation sites (tertiary alicyclic amines) is 1. The first kappa shape index (κ1) is 27.5. The molecule has 0 spiro atoms. The molecular formula is C30H33N3O6. The van der Waals surface area contributed by atoms with Crippen molar-refractivity contribution in [3.05, 3.63) is 83.4 Å². The van der Waals surface area contributed by atoms with Gasteiger partial charge in [0.25, 0.3) is 5.91 Å². The first-order chi connectivity index (χ1) is 19.0. The van der Waals surface area contributed by atoms with E-state index in [0.29, 0.717) is 61.1 Å². The van der Waals surface area contributed by atoms with Crippen LogP contribution in [0.4, 0.5) is 0 Å². The molecule has 39 heavy (non-hydrogen) atoms. The number of carbonyl (C=O) groups excluding carboxylic acids is 2. The molecule has 0 aromatic heterocycles. The van der Waals surface area contributed by atoms with Crippen LogP contribution in [0, 0.1) is 5.92 Å². The molecule has 0 radical (unpaired) electrons. The van der Waals surface area contributed by atoms with Crippen molar-refractivity contribution in [3.63, 3.8) is 0 Å². The standard InChI is InChI=1S/C30H33N3O6/c1-36-25-12-10-24(18-28(25)38-3)30(35)33-15-13-23(14-16-33)29(34)32-31-19-22-9-11-26(27(17-22)37-2)39-20-21-7-5-4-6-8-21/h4-12,17-19,23H,13-16,20H2,1-3H3,(H,32,34)/b31-19-. The zero-order chi connectivity index (χ0) is 27.6. The van der Waals surface area contributed by atoms with Crippen LogP contribution in [-0.2, 0) is 11.4 Å².